The van der Waals surface area contributed by atoms with Gasteiger partial charge in [0, 0.05) is 5.69 Å². The minimum atomic E-state index is -0.778. The summed E-state index contributed by atoms with van der Waals surface area (Å²) in [5, 5.41) is 2.57. The number of hydrogen-bond acceptors (Lipinski definition) is 2. The molecule has 0 aliphatic rings. The summed E-state index contributed by atoms with van der Waals surface area (Å²) in [5.41, 5.74) is 6.62. The number of halogens is 2. The van der Waals surface area contributed by atoms with E-state index in [2.05, 4.69) is 5.32 Å². The van der Waals surface area contributed by atoms with E-state index >= 15 is 0 Å². The molecule has 0 saturated carbocycles. The molecule has 0 heterocycles. The standard InChI is InChI=1S/C15H12ClFN2OS/c16-11-7-6-10(8-12(11)17)19-15(20)13(14(18)21)9-4-2-1-3-5-9/h1-8,13H,(H2,18,21)(H,19,20). The van der Waals surface area contributed by atoms with Gasteiger partial charge in [-0.3, -0.25) is 4.79 Å². The fourth-order valence-corrected chi connectivity index (χ4v) is 2.24. The predicted molar refractivity (Wildman–Crippen MR) is 86.0 cm³/mol. The SMILES string of the molecule is NC(=S)C(C(=O)Nc1ccc(Cl)c(F)c1)c1ccccc1. The monoisotopic (exact) mass is 322 g/mol. The van der Waals surface area contributed by atoms with E-state index in [0.29, 0.717) is 11.3 Å². The lowest BCUT2D eigenvalue weighted by Gasteiger charge is -2.16. The molecule has 21 heavy (non-hydrogen) atoms. The van der Waals surface area contributed by atoms with Crippen LogP contribution < -0.4 is 11.1 Å². The summed E-state index contributed by atoms with van der Waals surface area (Å²) in [7, 11) is 0. The van der Waals surface area contributed by atoms with Gasteiger partial charge in [-0.2, -0.15) is 0 Å². The first-order valence-electron chi connectivity index (χ1n) is 6.09. The first-order chi connectivity index (χ1) is 9.99. The molecule has 1 amide bonds. The largest absolute Gasteiger partial charge is 0.392 e. The summed E-state index contributed by atoms with van der Waals surface area (Å²) in [6.45, 7) is 0. The molecule has 0 spiro atoms. The van der Waals surface area contributed by atoms with E-state index in [9.17, 15) is 9.18 Å². The summed E-state index contributed by atoms with van der Waals surface area (Å²) in [4.78, 5) is 12.4. The van der Waals surface area contributed by atoms with Crippen LogP contribution in [0.25, 0.3) is 0 Å². The van der Waals surface area contributed by atoms with Crippen LogP contribution in [-0.4, -0.2) is 10.9 Å². The van der Waals surface area contributed by atoms with Crippen molar-refractivity contribution in [2.45, 2.75) is 5.92 Å². The first kappa shape index (κ1) is 15.4. The Morgan fingerprint density at radius 3 is 2.48 bits per heavy atom. The van der Waals surface area contributed by atoms with Crippen molar-refractivity contribution in [1.29, 1.82) is 0 Å². The zero-order chi connectivity index (χ0) is 15.4. The third kappa shape index (κ3) is 3.77. The first-order valence-corrected chi connectivity index (χ1v) is 6.88. The Balaban J connectivity index is 2.24. The van der Waals surface area contributed by atoms with Crippen LogP contribution in [0.3, 0.4) is 0 Å². The second-order valence-electron chi connectivity index (χ2n) is 4.36. The number of anilines is 1. The van der Waals surface area contributed by atoms with Crippen molar-refractivity contribution in [1.82, 2.24) is 0 Å². The van der Waals surface area contributed by atoms with E-state index in [1.807, 2.05) is 6.07 Å². The van der Waals surface area contributed by atoms with Crippen molar-refractivity contribution >= 4 is 40.4 Å². The number of nitrogens with two attached hydrogens (primary N) is 1. The molecular weight excluding hydrogens is 311 g/mol. The van der Waals surface area contributed by atoms with Crippen LogP contribution >= 0.6 is 23.8 Å². The Morgan fingerprint density at radius 2 is 1.90 bits per heavy atom. The van der Waals surface area contributed by atoms with Gasteiger partial charge in [-0.15, -0.1) is 0 Å². The lowest BCUT2D eigenvalue weighted by atomic mass is 9.98. The van der Waals surface area contributed by atoms with Gasteiger partial charge in [0.1, 0.15) is 11.7 Å². The minimum absolute atomic E-state index is 0.0121. The number of carbonyl (C=O) groups excluding carboxylic acids is 1. The molecule has 0 radical (unpaired) electrons. The number of rotatable bonds is 4. The van der Waals surface area contributed by atoms with Gasteiger partial charge in [-0.25, -0.2) is 4.39 Å². The highest BCUT2D eigenvalue weighted by Gasteiger charge is 2.23. The molecule has 2 rings (SSSR count). The van der Waals surface area contributed by atoms with E-state index in [4.69, 9.17) is 29.6 Å². The smallest absolute Gasteiger partial charge is 0.238 e. The number of thiocarbonyl (C=S) groups is 1. The van der Waals surface area contributed by atoms with Crippen molar-refractivity contribution in [3.05, 3.63) is 64.9 Å². The Bertz CT molecular complexity index is 679. The molecule has 3 nitrogen and oxygen atoms in total. The summed E-state index contributed by atoms with van der Waals surface area (Å²) < 4.78 is 13.4. The van der Waals surface area contributed by atoms with Gasteiger partial charge in [0.2, 0.25) is 5.91 Å². The Morgan fingerprint density at radius 1 is 1.24 bits per heavy atom. The van der Waals surface area contributed by atoms with Crippen molar-refractivity contribution < 1.29 is 9.18 Å². The maximum atomic E-state index is 13.4. The molecule has 0 aromatic heterocycles. The van der Waals surface area contributed by atoms with Crippen LogP contribution in [0.2, 0.25) is 5.02 Å². The highest BCUT2D eigenvalue weighted by molar-refractivity contribution is 7.80. The van der Waals surface area contributed by atoms with Crippen molar-refractivity contribution in [3.8, 4) is 0 Å². The third-order valence-corrected chi connectivity index (χ3v) is 3.41. The van der Waals surface area contributed by atoms with E-state index in [-0.39, 0.29) is 10.0 Å². The average molecular weight is 323 g/mol. The van der Waals surface area contributed by atoms with E-state index in [1.165, 1.54) is 12.1 Å². The van der Waals surface area contributed by atoms with Gasteiger partial charge in [-0.05, 0) is 23.8 Å². The molecular formula is C15H12ClFN2OS. The Hall–Kier alpha value is -1.98. The normalized spacial score (nSPS) is 11.7. The number of carbonyl (C=O) groups is 1. The second kappa shape index (κ2) is 6.65. The van der Waals surface area contributed by atoms with E-state index < -0.39 is 17.6 Å². The van der Waals surface area contributed by atoms with Crippen LogP contribution in [0.15, 0.2) is 48.5 Å². The van der Waals surface area contributed by atoms with E-state index in [1.54, 1.807) is 24.3 Å². The lowest BCUT2D eigenvalue weighted by molar-refractivity contribution is -0.116. The van der Waals surface area contributed by atoms with Gasteiger partial charge < -0.3 is 11.1 Å². The Labute approximate surface area is 131 Å². The number of hydrogen-bond donors (Lipinski definition) is 2. The maximum absolute atomic E-state index is 13.4. The molecule has 2 aromatic carbocycles. The van der Waals surface area contributed by atoms with Gasteiger partial charge in [0.05, 0.1) is 10.0 Å². The third-order valence-electron chi connectivity index (χ3n) is 2.87. The number of amides is 1. The molecule has 0 bridgehead atoms. The predicted octanol–water partition coefficient (Wildman–Crippen LogP) is 3.49. The molecule has 1 atom stereocenters. The zero-order valence-corrected chi connectivity index (χ0v) is 12.4. The zero-order valence-electron chi connectivity index (χ0n) is 10.8. The molecule has 0 aliphatic heterocycles. The number of benzene rings is 2. The van der Waals surface area contributed by atoms with Crippen LogP contribution in [0.5, 0.6) is 0 Å². The molecule has 2 aromatic rings. The summed E-state index contributed by atoms with van der Waals surface area (Å²) in [6.07, 6.45) is 0. The molecule has 3 N–H and O–H groups in total. The quantitative estimate of drug-likeness (QED) is 0.847. The van der Waals surface area contributed by atoms with Gasteiger partial charge in [-0.1, -0.05) is 54.2 Å². The van der Waals surface area contributed by atoms with Crippen LogP contribution in [0.4, 0.5) is 10.1 Å². The van der Waals surface area contributed by atoms with Crippen molar-refractivity contribution in [3.63, 3.8) is 0 Å². The molecule has 0 fully saturated rings. The summed E-state index contributed by atoms with van der Waals surface area (Å²) >= 11 is 10.6. The maximum Gasteiger partial charge on any atom is 0.238 e. The van der Waals surface area contributed by atoms with Crippen LogP contribution in [-0.2, 0) is 4.79 Å². The van der Waals surface area contributed by atoms with Crippen molar-refractivity contribution in [2.24, 2.45) is 5.73 Å². The highest BCUT2D eigenvalue weighted by Crippen LogP contribution is 2.22. The molecule has 1 unspecified atom stereocenters. The van der Waals surface area contributed by atoms with Gasteiger partial charge >= 0.3 is 0 Å². The molecule has 108 valence electrons. The Kier molecular flexibility index (Phi) is 4.88. The second-order valence-corrected chi connectivity index (χ2v) is 5.24. The minimum Gasteiger partial charge on any atom is -0.392 e. The van der Waals surface area contributed by atoms with E-state index in [0.717, 1.165) is 6.07 Å². The van der Waals surface area contributed by atoms with Crippen molar-refractivity contribution in [2.75, 3.05) is 5.32 Å². The molecule has 0 aliphatic carbocycles. The van der Waals surface area contributed by atoms with Crippen LogP contribution in [0.1, 0.15) is 11.5 Å². The van der Waals surface area contributed by atoms with Gasteiger partial charge in [0.25, 0.3) is 0 Å². The highest BCUT2D eigenvalue weighted by atomic mass is 35.5. The molecule has 0 saturated heterocycles. The fourth-order valence-electron chi connectivity index (χ4n) is 1.88. The number of nitrogens with one attached hydrogen (secondary N) is 1. The molecule has 6 heteroatoms. The van der Waals surface area contributed by atoms with Gasteiger partial charge in [0.15, 0.2) is 0 Å². The lowest BCUT2D eigenvalue weighted by Crippen LogP contribution is -2.31. The summed E-state index contributed by atoms with van der Waals surface area (Å²) in [6, 6.07) is 12.9. The van der Waals surface area contributed by atoms with Crippen LogP contribution in [0, 0.1) is 5.82 Å². The topological polar surface area (TPSA) is 55.1 Å². The average Bonchev–Trinajstić information content (AvgIpc) is 2.44. The fraction of sp³-hybridized carbons (Fsp3) is 0.0667. The summed E-state index contributed by atoms with van der Waals surface area (Å²) in [5.74, 6) is -1.81.